The van der Waals surface area contributed by atoms with Crippen LogP contribution < -0.4 is 20.1 Å². The van der Waals surface area contributed by atoms with E-state index < -0.39 is 0 Å². The number of fused-ring (bicyclic) bond motifs is 1. The number of nitrogens with one attached hydrogen (secondary N) is 2. The van der Waals surface area contributed by atoms with E-state index in [-0.39, 0.29) is 24.2 Å². The standard InChI is InChI=1S/C28H35N5O3.C3H8/c1-8-10-24(29-7)31-27-22-16-21(36-18(2)3)13-14-23(22)30-26(32-27)19-11-9-12-20(15-19)35-17-25(34)33-28(4,5)6;1-3-2/h8-16,18H,17H2,1-7H3,(H,33,34)(H,29,30,31,32);3H2,1-2H3/b10-8-;. The zero-order valence-corrected chi connectivity index (χ0v) is 24.8. The number of carbonyl (C=O) groups is 1. The number of ether oxygens (including phenoxy) is 2. The average molecular weight is 534 g/mol. The third-order valence-corrected chi connectivity index (χ3v) is 4.83. The number of amidine groups is 1. The minimum atomic E-state index is -0.321. The van der Waals surface area contributed by atoms with Crippen LogP contribution in [0.25, 0.3) is 22.3 Å². The fourth-order valence-corrected chi connectivity index (χ4v) is 3.46. The predicted molar refractivity (Wildman–Crippen MR) is 162 cm³/mol. The van der Waals surface area contributed by atoms with Crippen molar-refractivity contribution in [2.75, 3.05) is 19.0 Å². The van der Waals surface area contributed by atoms with E-state index >= 15 is 0 Å². The average Bonchev–Trinajstić information content (AvgIpc) is 2.86. The summed E-state index contributed by atoms with van der Waals surface area (Å²) in [6, 6.07) is 13.1. The van der Waals surface area contributed by atoms with Crippen LogP contribution in [-0.4, -0.2) is 47.0 Å². The fraction of sp³-hybridized carbons (Fsp3) is 0.419. The maximum absolute atomic E-state index is 12.2. The van der Waals surface area contributed by atoms with Crippen molar-refractivity contribution >= 4 is 28.5 Å². The Balaban J connectivity index is 0.00000170. The van der Waals surface area contributed by atoms with Crippen LogP contribution in [0.3, 0.4) is 0 Å². The van der Waals surface area contributed by atoms with Crippen molar-refractivity contribution in [3.8, 4) is 22.9 Å². The van der Waals surface area contributed by atoms with Crippen molar-refractivity contribution < 1.29 is 14.3 Å². The zero-order valence-electron chi connectivity index (χ0n) is 24.8. The predicted octanol–water partition coefficient (Wildman–Crippen LogP) is 6.81. The van der Waals surface area contributed by atoms with Crippen molar-refractivity contribution in [1.29, 1.82) is 0 Å². The van der Waals surface area contributed by atoms with Crippen molar-refractivity contribution in [2.45, 2.75) is 73.5 Å². The Morgan fingerprint density at radius 3 is 2.41 bits per heavy atom. The van der Waals surface area contributed by atoms with E-state index in [4.69, 9.17) is 19.4 Å². The van der Waals surface area contributed by atoms with Crippen LogP contribution in [0.2, 0.25) is 0 Å². The smallest absolute Gasteiger partial charge is 0.258 e. The number of rotatable bonds is 8. The van der Waals surface area contributed by atoms with E-state index in [2.05, 4.69) is 29.5 Å². The van der Waals surface area contributed by atoms with Crippen molar-refractivity contribution in [3.63, 3.8) is 0 Å². The van der Waals surface area contributed by atoms with Crippen LogP contribution >= 0.6 is 0 Å². The van der Waals surface area contributed by atoms with Gasteiger partial charge in [-0.25, -0.2) is 9.97 Å². The number of aliphatic imine (C=N–C) groups is 1. The summed E-state index contributed by atoms with van der Waals surface area (Å²) in [6.07, 6.45) is 5.07. The van der Waals surface area contributed by atoms with Crippen LogP contribution in [0.1, 0.15) is 61.8 Å². The molecule has 0 fully saturated rings. The molecule has 0 aliphatic carbocycles. The molecule has 0 spiro atoms. The highest BCUT2D eigenvalue weighted by atomic mass is 16.5. The second-order valence-corrected chi connectivity index (χ2v) is 10.3. The van der Waals surface area contributed by atoms with E-state index in [0.717, 1.165) is 22.2 Å². The van der Waals surface area contributed by atoms with Gasteiger partial charge in [-0.3, -0.25) is 9.79 Å². The number of hydrogen-bond acceptors (Lipinski definition) is 6. The SMILES string of the molecule is C/C=C\C(=NC)Nc1nc(-c2cccc(OCC(=O)NC(C)(C)C)c2)nc2ccc(OC(C)C)cc12.CCC. The first-order valence-corrected chi connectivity index (χ1v) is 13.4. The summed E-state index contributed by atoms with van der Waals surface area (Å²) in [5.41, 5.74) is 1.20. The number of hydrogen-bond donors (Lipinski definition) is 2. The van der Waals surface area contributed by atoms with Crippen molar-refractivity contribution in [1.82, 2.24) is 15.3 Å². The molecule has 3 aromatic rings. The Bertz CT molecular complexity index is 1290. The molecule has 3 rings (SSSR count). The summed E-state index contributed by atoms with van der Waals surface area (Å²) in [5.74, 6) is 2.90. The lowest BCUT2D eigenvalue weighted by molar-refractivity contribution is -0.124. The minimum absolute atomic E-state index is 0.0445. The number of aromatic nitrogens is 2. The van der Waals surface area contributed by atoms with Gasteiger partial charge >= 0.3 is 0 Å². The van der Waals surface area contributed by atoms with Crippen LogP contribution in [0.4, 0.5) is 5.82 Å². The molecule has 8 heteroatoms. The molecule has 1 aromatic heterocycles. The van der Waals surface area contributed by atoms with Crippen LogP contribution in [0.5, 0.6) is 11.5 Å². The molecule has 0 saturated heterocycles. The molecule has 0 aliphatic rings. The van der Waals surface area contributed by atoms with Crippen LogP contribution in [-0.2, 0) is 4.79 Å². The lowest BCUT2D eigenvalue weighted by atomic mass is 10.1. The Kier molecular flexibility index (Phi) is 11.9. The van der Waals surface area contributed by atoms with Gasteiger partial charge in [0.15, 0.2) is 12.4 Å². The summed E-state index contributed by atoms with van der Waals surface area (Å²) < 4.78 is 11.6. The maximum Gasteiger partial charge on any atom is 0.258 e. The number of allylic oxidation sites excluding steroid dienone is 1. The van der Waals surface area contributed by atoms with Gasteiger partial charge in [-0.1, -0.05) is 38.5 Å². The molecule has 0 radical (unpaired) electrons. The monoisotopic (exact) mass is 533 g/mol. The topological polar surface area (TPSA) is 97.7 Å². The maximum atomic E-state index is 12.2. The number of benzene rings is 2. The lowest BCUT2D eigenvalue weighted by Gasteiger charge is -2.20. The molecule has 8 nitrogen and oxygen atoms in total. The zero-order chi connectivity index (χ0) is 29.0. The van der Waals surface area contributed by atoms with E-state index in [1.165, 1.54) is 6.42 Å². The Morgan fingerprint density at radius 1 is 1.08 bits per heavy atom. The van der Waals surface area contributed by atoms with Crippen molar-refractivity contribution in [3.05, 3.63) is 54.6 Å². The summed E-state index contributed by atoms with van der Waals surface area (Å²) >= 11 is 0. The fourth-order valence-electron chi connectivity index (χ4n) is 3.46. The lowest BCUT2D eigenvalue weighted by Crippen LogP contribution is -2.43. The van der Waals surface area contributed by atoms with Gasteiger partial charge in [-0.15, -0.1) is 0 Å². The van der Waals surface area contributed by atoms with Gasteiger partial charge in [0.05, 0.1) is 11.6 Å². The van der Waals surface area contributed by atoms with Gasteiger partial charge in [-0.05, 0) is 78.0 Å². The number of anilines is 1. The van der Waals surface area contributed by atoms with E-state index in [9.17, 15) is 4.79 Å². The summed E-state index contributed by atoms with van der Waals surface area (Å²) in [6.45, 7) is 15.9. The van der Waals surface area contributed by atoms with Crippen LogP contribution in [0, 0.1) is 0 Å². The van der Waals surface area contributed by atoms with Gasteiger partial charge in [0.1, 0.15) is 23.2 Å². The third-order valence-electron chi connectivity index (χ3n) is 4.83. The molecule has 210 valence electrons. The molecule has 0 bridgehead atoms. The van der Waals surface area contributed by atoms with E-state index in [1.54, 1.807) is 13.1 Å². The Morgan fingerprint density at radius 2 is 1.79 bits per heavy atom. The van der Waals surface area contributed by atoms with E-state index in [1.807, 2.05) is 90.1 Å². The van der Waals surface area contributed by atoms with Gasteiger partial charge in [-0.2, -0.15) is 0 Å². The highest BCUT2D eigenvalue weighted by Gasteiger charge is 2.15. The molecule has 1 heterocycles. The molecule has 0 atom stereocenters. The molecule has 0 aliphatic heterocycles. The normalized spacial score (nSPS) is 11.8. The first-order chi connectivity index (χ1) is 18.5. The van der Waals surface area contributed by atoms with Crippen molar-refractivity contribution in [2.24, 2.45) is 4.99 Å². The second kappa shape index (κ2) is 14.9. The quantitative estimate of drug-likeness (QED) is 0.244. The Hall–Kier alpha value is -3.94. The third kappa shape index (κ3) is 10.4. The highest BCUT2D eigenvalue weighted by Crippen LogP contribution is 2.30. The molecule has 0 saturated carbocycles. The van der Waals surface area contributed by atoms with Gasteiger partial charge < -0.3 is 20.1 Å². The molecular formula is C31H43N5O3. The largest absolute Gasteiger partial charge is 0.491 e. The Labute approximate surface area is 233 Å². The van der Waals surface area contributed by atoms with Gasteiger partial charge in [0, 0.05) is 23.5 Å². The highest BCUT2D eigenvalue weighted by molar-refractivity contribution is 6.07. The number of carbonyl (C=O) groups excluding carboxylic acids is 1. The number of amides is 1. The molecule has 0 unspecified atom stereocenters. The van der Waals surface area contributed by atoms with Crippen LogP contribution in [0.15, 0.2) is 59.6 Å². The molecule has 2 aromatic carbocycles. The summed E-state index contributed by atoms with van der Waals surface area (Å²) in [7, 11) is 1.72. The summed E-state index contributed by atoms with van der Waals surface area (Å²) in [4.78, 5) is 26.1. The van der Waals surface area contributed by atoms with E-state index in [0.29, 0.717) is 23.2 Å². The van der Waals surface area contributed by atoms with Gasteiger partial charge in [0.2, 0.25) is 0 Å². The minimum Gasteiger partial charge on any atom is -0.491 e. The second-order valence-electron chi connectivity index (χ2n) is 10.3. The molecular weight excluding hydrogens is 490 g/mol. The first kappa shape index (κ1) is 31.3. The first-order valence-electron chi connectivity index (χ1n) is 13.4. The molecule has 1 amide bonds. The molecule has 2 N–H and O–H groups in total. The summed E-state index contributed by atoms with van der Waals surface area (Å²) in [5, 5.41) is 7.02. The van der Waals surface area contributed by atoms with Gasteiger partial charge in [0.25, 0.3) is 5.91 Å². The number of nitrogens with zero attached hydrogens (tertiary/aromatic N) is 3. The molecule has 39 heavy (non-hydrogen) atoms.